The van der Waals surface area contributed by atoms with Crippen LogP contribution < -0.4 is 5.32 Å². The highest BCUT2D eigenvalue weighted by Crippen LogP contribution is 2.25. The van der Waals surface area contributed by atoms with Gasteiger partial charge in [-0.15, -0.1) is 0 Å². The molecule has 0 radical (unpaired) electrons. The van der Waals surface area contributed by atoms with Crippen molar-refractivity contribution in [1.82, 2.24) is 15.1 Å². The van der Waals surface area contributed by atoms with Gasteiger partial charge < -0.3 is 9.73 Å². The first-order chi connectivity index (χ1) is 13.1. The second-order valence-corrected chi connectivity index (χ2v) is 6.82. The number of carbonyl (C=O) groups excluding carboxylic acids is 3. The Kier molecular flexibility index (Phi) is 4.77. The summed E-state index contributed by atoms with van der Waals surface area (Å²) in [7, 11) is 0. The number of furan rings is 1. The molecule has 1 fully saturated rings. The van der Waals surface area contributed by atoms with Gasteiger partial charge in [-0.2, -0.15) is 0 Å². The third-order valence-corrected chi connectivity index (χ3v) is 5.13. The molecular weight excluding hydrogens is 346 g/mol. The van der Waals surface area contributed by atoms with Gasteiger partial charge in [0.25, 0.3) is 11.8 Å². The number of hydrogen-bond donors (Lipinski definition) is 1. The van der Waals surface area contributed by atoms with E-state index < -0.39 is 11.8 Å². The number of fused-ring (bicyclic) bond motifs is 1. The van der Waals surface area contributed by atoms with Gasteiger partial charge in [-0.25, -0.2) is 0 Å². The van der Waals surface area contributed by atoms with E-state index in [-0.39, 0.29) is 18.5 Å². The number of carbonyl (C=O) groups is 3. The van der Waals surface area contributed by atoms with Crippen molar-refractivity contribution < 1.29 is 18.8 Å². The molecule has 1 atom stereocenters. The summed E-state index contributed by atoms with van der Waals surface area (Å²) in [5, 5.41) is 2.86. The highest BCUT2D eigenvalue weighted by molar-refractivity contribution is 6.22. The van der Waals surface area contributed by atoms with Gasteiger partial charge in [0.05, 0.1) is 23.4 Å². The number of likely N-dealkylation sites (tertiary alicyclic amines) is 1. The normalized spacial score (nSPS) is 18.0. The van der Waals surface area contributed by atoms with Gasteiger partial charge in [-0.1, -0.05) is 12.1 Å². The lowest BCUT2D eigenvalue weighted by molar-refractivity contribution is -0.121. The van der Waals surface area contributed by atoms with Gasteiger partial charge in [0.2, 0.25) is 5.91 Å². The van der Waals surface area contributed by atoms with E-state index in [4.69, 9.17) is 4.42 Å². The molecule has 1 saturated heterocycles. The standard InChI is InChI=1S/C20H21N3O4/c24-18(13-23-19(25)14-6-1-2-7-15(14)20(23)26)21-12-16(17-8-5-11-27-17)22-9-3-4-10-22/h1-2,5-8,11,16H,3-4,9-10,12-13H2,(H,21,24). The lowest BCUT2D eigenvalue weighted by atomic mass is 10.1. The predicted molar refractivity (Wildman–Crippen MR) is 97.1 cm³/mol. The minimum Gasteiger partial charge on any atom is -0.468 e. The number of benzene rings is 1. The second-order valence-electron chi connectivity index (χ2n) is 6.82. The molecule has 4 rings (SSSR count). The van der Waals surface area contributed by atoms with Gasteiger partial charge in [0.1, 0.15) is 12.3 Å². The summed E-state index contributed by atoms with van der Waals surface area (Å²) in [6.07, 6.45) is 3.87. The molecular formula is C20H21N3O4. The van der Waals surface area contributed by atoms with Crippen LogP contribution in [0.2, 0.25) is 0 Å². The fourth-order valence-corrected chi connectivity index (χ4v) is 3.74. The number of nitrogens with one attached hydrogen (secondary N) is 1. The van der Waals surface area contributed by atoms with E-state index in [1.807, 2.05) is 12.1 Å². The predicted octanol–water partition coefficient (Wildman–Crippen LogP) is 1.83. The topological polar surface area (TPSA) is 82.9 Å². The van der Waals surface area contributed by atoms with E-state index in [0.717, 1.165) is 36.6 Å². The first-order valence-electron chi connectivity index (χ1n) is 9.14. The van der Waals surface area contributed by atoms with Crippen LogP contribution in [0.25, 0.3) is 0 Å². The Bertz CT molecular complexity index is 821. The van der Waals surface area contributed by atoms with Crippen molar-refractivity contribution in [2.45, 2.75) is 18.9 Å². The molecule has 2 aromatic rings. The summed E-state index contributed by atoms with van der Waals surface area (Å²) < 4.78 is 5.54. The van der Waals surface area contributed by atoms with Crippen LogP contribution >= 0.6 is 0 Å². The smallest absolute Gasteiger partial charge is 0.262 e. The summed E-state index contributed by atoms with van der Waals surface area (Å²) >= 11 is 0. The first kappa shape index (κ1) is 17.5. The highest BCUT2D eigenvalue weighted by Gasteiger charge is 2.36. The lowest BCUT2D eigenvalue weighted by Crippen LogP contribution is -2.43. The summed E-state index contributed by atoms with van der Waals surface area (Å²) in [5.74, 6) is -0.404. The summed E-state index contributed by atoms with van der Waals surface area (Å²) in [6.45, 7) is 2.01. The molecule has 7 nitrogen and oxygen atoms in total. The van der Waals surface area contributed by atoms with Gasteiger partial charge in [0, 0.05) is 6.54 Å². The fraction of sp³-hybridized carbons (Fsp3) is 0.350. The lowest BCUT2D eigenvalue weighted by Gasteiger charge is -2.26. The van der Waals surface area contributed by atoms with Crippen molar-refractivity contribution in [3.05, 3.63) is 59.5 Å². The SMILES string of the molecule is O=C(CN1C(=O)c2ccccc2C1=O)NCC(c1ccco1)N1CCCC1. The first-order valence-corrected chi connectivity index (χ1v) is 9.14. The molecule has 1 unspecified atom stereocenters. The number of nitrogens with zero attached hydrogens (tertiary/aromatic N) is 2. The molecule has 0 bridgehead atoms. The van der Waals surface area contributed by atoms with Gasteiger partial charge in [-0.3, -0.25) is 24.2 Å². The van der Waals surface area contributed by atoms with E-state index in [0.29, 0.717) is 17.7 Å². The number of amides is 3. The molecule has 2 aliphatic heterocycles. The Labute approximate surface area is 156 Å². The Hall–Kier alpha value is -2.93. The zero-order valence-corrected chi connectivity index (χ0v) is 14.9. The van der Waals surface area contributed by atoms with Crippen LogP contribution in [0, 0.1) is 0 Å². The fourth-order valence-electron chi connectivity index (χ4n) is 3.74. The Balaban J connectivity index is 1.39. The van der Waals surface area contributed by atoms with Crippen LogP contribution in [0.15, 0.2) is 47.1 Å². The zero-order valence-electron chi connectivity index (χ0n) is 14.9. The van der Waals surface area contributed by atoms with Crippen molar-refractivity contribution in [1.29, 1.82) is 0 Å². The quantitative estimate of drug-likeness (QED) is 0.788. The highest BCUT2D eigenvalue weighted by atomic mass is 16.3. The maximum atomic E-state index is 12.4. The minimum absolute atomic E-state index is 0.0476. The minimum atomic E-state index is -0.423. The van der Waals surface area contributed by atoms with Crippen LogP contribution in [0.4, 0.5) is 0 Å². The van der Waals surface area contributed by atoms with E-state index in [2.05, 4.69) is 10.2 Å². The van der Waals surface area contributed by atoms with Crippen molar-refractivity contribution in [3.63, 3.8) is 0 Å². The molecule has 27 heavy (non-hydrogen) atoms. The van der Waals surface area contributed by atoms with Crippen molar-refractivity contribution >= 4 is 17.7 Å². The third kappa shape index (κ3) is 3.38. The van der Waals surface area contributed by atoms with Crippen LogP contribution in [-0.2, 0) is 4.79 Å². The third-order valence-electron chi connectivity index (χ3n) is 5.13. The number of imide groups is 1. The molecule has 3 amide bonds. The molecule has 0 saturated carbocycles. The van der Waals surface area contributed by atoms with Gasteiger partial charge in [0.15, 0.2) is 0 Å². The molecule has 1 aromatic heterocycles. The second kappa shape index (κ2) is 7.36. The average Bonchev–Trinajstić information content (AvgIpc) is 3.43. The Morgan fingerprint density at radius 2 is 1.70 bits per heavy atom. The largest absolute Gasteiger partial charge is 0.468 e. The molecule has 0 aliphatic carbocycles. The molecule has 140 valence electrons. The Morgan fingerprint density at radius 1 is 1.04 bits per heavy atom. The van der Waals surface area contributed by atoms with E-state index in [1.54, 1.807) is 30.5 Å². The zero-order chi connectivity index (χ0) is 18.8. The number of hydrogen-bond acceptors (Lipinski definition) is 5. The van der Waals surface area contributed by atoms with E-state index in [1.165, 1.54) is 0 Å². The molecule has 0 spiro atoms. The van der Waals surface area contributed by atoms with E-state index >= 15 is 0 Å². The van der Waals surface area contributed by atoms with Crippen LogP contribution in [0.3, 0.4) is 0 Å². The Morgan fingerprint density at radius 3 is 2.30 bits per heavy atom. The molecule has 1 aromatic carbocycles. The average molecular weight is 367 g/mol. The molecule has 2 aliphatic rings. The number of rotatable bonds is 6. The van der Waals surface area contributed by atoms with Crippen LogP contribution in [0.5, 0.6) is 0 Å². The summed E-state index contributed by atoms with van der Waals surface area (Å²) in [6, 6.07) is 10.3. The van der Waals surface area contributed by atoms with Crippen molar-refractivity contribution in [2.75, 3.05) is 26.2 Å². The van der Waals surface area contributed by atoms with Crippen LogP contribution in [0.1, 0.15) is 45.4 Å². The molecule has 3 heterocycles. The molecule has 1 N–H and O–H groups in total. The van der Waals surface area contributed by atoms with Gasteiger partial charge in [-0.05, 0) is 50.2 Å². The maximum Gasteiger partial charge on any atom is 0.262 e. The maximum absolute atomic E-state index is 12.4. The van der Waals surface area contributed by atoms with Crippen molar-refractivity contribution in [3.8, 4) is 0 Å². The monoisotopic (exact) mass is 367 g/mol. The summed E-state index contributed by atoms with van der Waals surface area (Å²) in [5.41, 5.74) is 0.696. The molecule has 7 heteroatoms. The summed E-state index contributed by atoms with van der Waals surface area (Å²) in [4.78, 5) is 40.5. The van der Waals surface area contributed by atoms with Crippen LogP contribution in [-0.4, -0.2) is 53.7 Å². The van der Waals surface area contributed by atoms with E-state index in [9.17, 15) is 14.4 Å². The van der Waals surface area contributed by atoms with Crippen molar-refractivity contribution in [2.24, 2.45) is 0 Å². The van der Waals surface area contributed by atoms with Gasteiger partial charge >= 0.3 is 0 Å².